The van der Waals surface area contributed by atoms with Gasteiger partial charge < -0.3 is 15.5 Å². The van der Waals surface area contributed by atoms with Gasteiger partial charge in [0, 0.05) is 38.9 Å². The number of carbonyl (C=O) groups excluding carboxylic acids is 2. The Morgan fingerprint density at radius 2 is 1.96 bits per heavy atom. The van der Waals surface area contributed by atoms with Crippen LogP contribution in [0.4, 0.5) is 4.79 Å². The summed E-state index contributed by atoms with van der Waals surface area (Å²) in [5, 5.41) is 13.5. The first-order valence-electron chi connectivity index (χ1n) is 8.86. The zero-order valence-electron chi connectivity index (χ0n) is 14.7. The summed E-state index contributed by atoms with van der Waals surface area (Å²) in [5.41, 5.74) is 2.04. The average Bonchev–Trinajstić information content (AvgIpc) is 3.44. The zero-order chi connectivity index (χ0) is 18.4. The van der Waals surface area contributed by atoms with Crippen LogP contribution in [0.5, 0.6) is 0 Å². The van der Waals surface area contributed by atoms with Gasteiger partial charge in [0.05, 0.1) is 6.54 Å². The monoisotopic (exact) mass is 353 g/mol. The third-order valence-corrected chi connectivity index (χ3v) is 4.72. The number of fused-ring (bicyclic) bond motifs is 1. The molecule has 136 valence electrons. The van der Waals surface area contributed by atoms with Gasteiger partial charge in [-0.3, -0.25) is 4.79 Å². The number of nitrogens with zero attached hydrogens (tertiary/aromatic N) is 3. The van der Waals surface area contributed by atoms with Crippen LogP contribution in [0.2, 0.25) is 0 Å². The lowest BCUT2D eigenvalue weighted by molar-refractivity contribution is -0.120. The largest absolute Gasteiger partial charge is 0.354 e. The highest BCUT2D eigenvalue weighted by molar-refractivity contribution is 5.84. The molecule has 0 aromatic heterocycles. The molecule has 0 spiro atoms. The number of urea groups is 1. The summed E-state index contributed by atoms with van der Waals surface area (Å²) in [6.07, 6.45) is 8.06. The van der Waals surface area contributed by atoms with Crippen molar-refractivity contribution in [2.75, 3.05) is 19.6 Å². The Hall–Kier alpha value is -2.88. The second kappa shape index (κ2) is 8.00. The van der Waals surface area contributed by atoms with E-state index in [0.717, 1.165) is 12.0 Å². The van der Waals surface area contributed by atoms with Gasteiger partial charge >= 0.3 is 6.03 Å². The second-order valence-corrected chi connectivity index (χ2v) is 6.59. The highest BCUT2D eigenvalue weighted by Gasteiger charge is 2.38. The molecule has 0 unspecified atom stereocenters. The maximum Gasteiger partial charge on any atom is 0.318 e. The molecule has 0 aliphatic carbocycles. The Kier molecular flexibility index (Phi) is 5.52. The first-order valence-corrected chi connectivity index (χ1v) is 8.86. The number of carbonyl (C=O) groups is 2. The standard InChI is InChI=1S/C19H23N5O2/c1-2-3-9-19(22-23-19)10-11-20-17(25)13-21-18(26)24-12-8-15-6-4-5-7-16(15)14-24/h1,4-7H,3,8-14H2,(H,20,25)(H,21,26). The number of rotatable bonds is 7. The van der Waals surface area contributed by atoms with Crippen LogP contribution in [-0.2, 0) is 17.8 Å². The molecule has 0 bridgehead atoms. The van der Waals surface area contributed by atoms with E-state index in [9.17, 15) is 9.59 Å². The van der Waals surface area contributed by atoms with E-state index in [1.165, 1.54) is 5.56 Å². The van der Waals surface area contributed by atoms with Crippen molar-refractivity contribution < 1.29 is 9.59 Å². The van der Waals surface area contributed by atoms with Gasteiger partial charge in [0.1, 0.15) is 0 Å². The van der Waals surface area contributed by atoms with Gasteiger partial charge in [-0.2, -0.15) is 10.2 Å². The van der Waals surface area contributed by atoms with Gasteiger partial charge in [-0.25, -0.2) is 4.79 Å². The molecule has 2 aliphatic heterocycles. The van der Waals surface area contributed by atoms with E-state index in [0.29, 0.717) is 38.9 Å². The molecule has 26 heavy (non-hydrogen) atoms. The maximum absolute atomic E-state index is 12.3. The Labute approximate surface area is 153 Å². The van der Waals surface area contributed by atoms with Crippen LogP contribution in [0, 0.1) is 12.3 Å². The van der Waals surface area contributed by atoms with Crippen LogP contribution in [0.15, 0.2) is 34.5 Å². The Morgan fingerprint density at radius 3 is 2.69 bits per heavy atom. The van der Waals surface area contributed by atoms with Gasteiger partial charge in [0.15, 0.2) is 5.66 Å². The fourth-order valence-electron chi connectivity index (χ4n) is 3.07. The number of hydrogen-bond donors (Lipinski definition) is 2. The summed E-state index contributed by atoms with van der Waals surface area (Å²) in [4.78, 5) is 25.9. The summed E-state index contributed by atoms with van der Waals surface area (Å²) in [6, 6.07) is 7.89. The van der Waals surface area contributed by atoms with E-state index in [1.54, 1.807) is 4.90 Å². The lowest BCUT2D eigenvalue weighted by atomic mass is 10.0. The topological polar surface area (TPSA) is 86.2 Å². The number of nitrogens with one attached hydrogen (secondary N) is 2. The fourth-order valence-corrected chi connectivity index (χ4v) is 3.07. The molecule has 7 nitrogen and oxygen atoms in total. The molecule has 2 N–H and O–H groups in total. The number of benzene rings is 1. The molecule has 3 amide bonds. The number of terminal acetylenes is 1. The van der Waals surface area contributed by atoms with Crippen LogP contribution >= 0.6 is 0 Å². The summed E-state index contributed by atoms with van der Waals surface area (Å²) in [5.74, 6) is 2.35. The normalized spacial score (nSPS) is 16.3. The lowest BCUT2D eigenvalue weighted by Gasteiger charge is -2.28. The van der Waals surface area contributed by atoms with Crippen LogP contribution in [0.25, 0.3) is 0 Å². The van der Waals surface area contributed by atoms with Crippen molar-refractivity contribution in [1.82, 2.24) is 15.5 Å². The molecular formula is C19H23N5O2. The SMILES string of the molecule is C#CCCC1(CCNC(=O)CNC(=O)N2CCc3ccccc3C2)N=N1. The minimum atomic E-state index is -0.399. The van der Waals surface area contributed by atoms with Crippen molar-refractivity contribution in [2.45, 2.75) is 37.9 Å². The van der Waals surface area contributed by atoms with Crippen LogP contribution in [0.3, 0.4) is 0 Å². The second-order valence-electron chi connectivity index (χ2n) is 6.59. The Bertz CT molecular complexity index is 747. The highest BCUT2D eigenvalue weighted by Crippen LogP contribution is 2.35. The predicted octanol–water partition coefficient (Wildman–Crippen LogP) is 1.84. The predicted molar refractivity (Wildman–Crippen MR) is 97.2 cm³/mol. The Balaban J connectivity index is 1.35. The molecule has 3 rings (SSSR count). The van der Waals surface area contributed by atoms with Gasteiger partial charge in [0.25, 0.3) is 0 Å². The van der Waals surface area contributed by atoms with E-state index in [2.05, 4.69) is 32.8 Å². The van der Waals surface area contributed by atoms with Crippen LogP contribution < -0.4 is 10.6 Å². The molecule has 1 aromatic rings. The van der Waals surface area contributed by atoms with Gasteiger partial charge in [0.2, 0.25) is 5.91 Å². The minimum absolute atomic E-state index is 0.0391. The quantitative estimate of drug-likeness (QED) is 0.733. The van der Waals surface area contributed by atoms with E-state index in [4.69, 9.17) is 6.42 Å². The molecule has 0 saturated carbocycles. The highest BCUT2D eigenvalue weighted by atomic mass is 16.2. The summed E-state index contributed by atoms with van der Waals surface area (Å²) in [7, 11) is 0. The van der Waals surface area contributed by atoms with Gasteiger partial charge in [-0.05, 0) is 17.5 Å². The molecule has 0 radical (unpaired) electrons. The van der Waals surface area contributed by atoms with E-state index >= 15 is 0 Å². The van der Waals surface area contributed by atoms with Crippen molar-refractivity contribution in [2.24, 2.45) is 10.2 Å². The smallest absolute Gasteiger partial charge is 0.318 e. The van der Waals surface area contributed by atoms with Gasteiger partial charge in [-0.15, -0.1) is 12.3 Å². The van der Waals surface area contributed by atoms with E-state index in [1.807, 2.05) is 18.2 Å². The number of hydrogen-bond acceptors (Lipinski definition) is 4. The summed E-state index contributed by atoms with van der Waals surface area (Å²) in [6.45, 7) is 1.65. The van der Waals surface area contributed by atoms with Crippen LogP contribution in [0.1, 0.15) is 30.4 Å². The summed E-state index contributed by atoms with van der Waals surface area (Å²) >= 11 is 0. The average molecular weight is 353 g/mol. The number of amides is 3. The molecule has 7 heteroatoms. The third-order valence-electron chi connectivity index (χ3n) is 4.72. The Morgan fingerprint density at radius 1 is 1.19 bits per heavy atom. The van der Waals surface area contributed by atoms with E-state index < -0.39 is 5.66 Å². The maximum atomic E-state index is 12.3. The van der Waals surface area contributed by atoms with Crippen molar-refractivity contribution in [3.63, 3.8) is 0 Å². The molecule has 2 heterocycles. The fraction of sp³-hybridized carbons (Fsp3) is 0.474. The van der Waals surface area contributed by atoms with Crippen molar-refractivity contribution in [3.8, 4) is 12.3 Å². The molecule has 0 atom stereocenters. The molecule has 0 fully saturated rings. The molecule has 0 saturated heterocycles. The first-order chi connectivity index (χ1) is 12.6. The van der Waals surface area contributed by atoms with Crippen molar-refractivity contribution in [1.29, 1.82) is 0 Å². The van der Waals surface area contributed by atoms with Crippen molar-refractivity contribution >= 4 is 11.9 Å². The van der Waals surface area contributed by atoms with Crippen LogP contribution in [-0.4, -0.2) is 42.1 Å². The van der Waals surface area contributed by atoms with Crippen molar-refractivity contribution in [3.05, 3.63) is 35.4 Å². The molecule has 1 aromatic carbocycles. The lowest BCUT2D eigenvalue weighted by Crippen LogP contribution is -2.46. The zero-order valence-corrected chi connectivity index (χ0v) is 14.7. The first kappa shape index (κ1) is 17.9. The minimum Gasteiger partial charge on any atom is -0.354 e. The molecule has 2 aliphatic rings. The molecular weight excluding hydrogens is 330 g/mol. The third kappa shape index (κ3) is 4.60. The summed E-state index contributed by atoms with van der Waals surface area (Å²) < 4.78 is 0. The van der Waals surface area contributed by atoms with Gasteiger partial charge in [-0.1, -0.05) is 24.3 Å². The van der Waals surface area contributed by atoms with E-state index in [-0.39, 0.29) is 18.5 Å².